The number of aliphatic carboxylic acids is 1. The number of hydrogen-bond donors (Lipinski definition) is 2. The van der Waals surface area contributed by atoms with Gasteiger partial charge in [0.1, 0.15) is 6.04 Å². The second-order valence-electron chi connectivity index (χ2n) is 5.11. The zero-order chi connectivity index (χ0) is 15.4. The minimum absolute atomic E-state index is 0.0161. The number of esters is 1. The Balaban J connectivity index is 2.71. The standard InChI is InChI=1S/C13H21NO6/c1-6-7(2)20-8(3)11(6)12(16)14-9(13(17)18)5-10(15)19-4/h6-9,11H,5H2,1-4H3,(H,14,16)(H,17,18)/t6?,7?,8?,9-,11?/m0/s1. The highest BCUT2D eigenvalue weighted by Gasteiger charge is 2.42. The number of carboxylic acid groups (broad SMARTS) is 1. The molecule has 114 valence electrons. The monoisotopic (exact) mass is 287 g/mol. The zero-order valence-corrected chi connectivity index (χ0v) is 12.1. The largest absolute Gasteiger partial charge is 0.480 e. The van der Waals surface area contributed by atoms with Crippen LogP contribution in [-0.2, 0) is 23.9 Å². The fraction of sp³-hybridized carbons (Fsp3) is 0.769. The van der Waals surface area contributed by atoms with E-state index in [2.05, 4.69) is 10.1 Å². The van der Waals surface area contributed by atoms with Crippen molar-refractivity contribution < 1.29 is 29.0 Å². The molecule has 0 saturated carbocycles. The number of carbonyl (C=O) groups is 3. The van der Waals surface area contributed by atoms with Crippen LogP contribution in [0.15, 0.2) is 0 Å². The van der Waals surface area contributed by atoms with Crippen LogP contribution < -0.4 is 5.32 Å². The Morgan fingerprint density at radius 1 is 1.25 bits per heavy atom. The predicted octanol–water partition coefficient (Wildman–Crippen LogP) is 0.178. The Morgan fingerprint density at radius 3 is 2.25 bits per heavy atom. The lowest BCUT2D eigenvalue weighted by Crippen LogP contribution is -2.47. The summed E-state index contributed by atoms with van der Waals surface area (Å²) in [5.74, 6) is -2.81. The van der Waals surface area contributed by atoms with E-state index in [1.54, 1.807) is 6.92 Å². The smallest absolute Gasteiger partial charge is 0.326 e. The Hall–Kier alpha value is -1.63. The normalized spacial score (nSPS) is 30.6. The van der Waals surface area contributed by atoms with Gasteiger partial charge in [0.15, 0.2) is 0 Å². The van der Waals surface area contributed by atoms with E-state index in [0.717, 1.165) is 0 Å². The lowest BCUT2D eigenvalue weighted by Gasteiger charge is -2.21. The van der Waals surface area contributed by atoms with Crippen molar-refractivity contribution in [1.29, 1.82) is 0 Å². The molecule has 0 aromatic carbocycles. The van der Waals surface area contributed by atoms with Crippen molar-refractivity contribution in [2.45, 2.75) is 45.4 Å². The molecule has 1 fully saturated rings. The van der Waals surface area contributed by atoms with Crippen LogP contribution in [-0.4, -0.2) is 48.3 Å². The van der Waals surface area contributed by atoms with E-state index in [1.165, 1.54) is 7.11 Å². The maximum Gasteiger partial charge on any atom is 0.326 e. The maximum atomic E-state index is 12.2. The van der Waals surface area contributed by atoms with E-state index >= 15 is 0 Å². The second-order valence-corrected chi connectivity index (χ2v) is 5.11. The summed E-state index contributed by atoms with van der Waals surface area (Å²) in [6, 6.07) is -1.29. The third-order valence-electron chi connectivity index (χ3n) is 3.76. The van der Waals surface area contributed by atoms with Gasteiger partial charge in [-0.1, -0.05) is 6.92 Å². The first-order valence-electron chi connectivity index (χ1n) is 6.53. The molecule has 0 aromatic rings. The van der Waals surface area contributed by atoms with Crippen molar-refractivity contribution in [2.75, 3.05) is 7.11 Å². The average Bonchev–Trinajstić information content (AvgIpc) is 2.61. The number of rotatable bonds is 5. The van der Waals surface area contributed by atoms with Gasteiger partial charge >= 0.3 is 11.9 Å². The molecule has 0 spiro atoms. The maximum absolute atomic E-state index is 12.2. The van der Waals surface area contributed by atoms with Gasteiger partial charge in [-0.15, -0.1) is 0 Å². The molecule has 1 amide bonds. The van der Waals surface area contributed by atoms with Gasteiger partial charge in [0.2, 0.25) is 5.91 Å². The van der Waals surface area contributed by atoms with E-state index in [-0.39, 0.29) is 18.1 Å². The molecule has 20 heavy (non-hydrogen) atoms. The van der Waals surface area contributed by atoms with Gasteiger partial charge in [-0.3, -0.25) is 9.59 Å². The predicted molar refractivity (Wildman–Crippen MR) is 68.9 cm³/mol. The minimum atomic E-state index is -1.29. The lowest BCUT2D eigenvalue weighted by molar-refractivity contribution is -0.149. The summed E-state index contributed by atoms with van der Waals surface area (Å²) in [6.45, 7) is 5.53. The second kappa shape index (κ2) is 6.69. The molecular weight excluding hydrogens is 266 g/mol. The number of carbonyl (C=O) groups excluding carboxylic acids is 2. The van der Waals surface area contributed by atoms with E-state index < -0.39 is 36.2 Å². The molecule has 5 atom stereocenters. The molecule has 0 bridgehead atoms. The van der Waals surface area contributed by atoms with Gasteiger partial charge < -0.3 is 19.9 Å². The lowest BCUT2D eigenvalue weighted by atomic mass is 9.88. The zero-order valence-electron chi connectivity index (χ0n) is 12.1. The molecule has 0 aliphatic carbocycles. The Bertz CT molecular complexity index is 396. The van der Waals surface area contributed by atoms with Crippen molar-refractivity contribution in [2.24, 2.45) is 11.8 Å². The van der Waals surface area contributed by atoms with Gasteiger partial charge in [0, 0.05) is 0 Å². The van der Waals surface area contributed by atoms with Crippen molar-refractivity contribution in [3.63, 3.8) is 0 Å². The number of nitrogens with one attached hydrogen (secondary N) is 1. The topological polar surface area (TPSA) is 102 Å². The number of ether oxygens (including phenoxy) is 2. The molecule has 7 nitrogen and oxygen atoms in total. The summed E-state index contributed by atoms with van der Waals surface area (Å²) < 4.78 is 9.97. The van der Waals surface area contributed by atoms with E-state index in [0.29, 0.717) is 0 Å². The van der Waals surface area contributed by atoms with E-state index in [1.807, 2.05) is 13.8 Å². The molecule has 4 unspecified atom stereocenters. The van der Waals surface area contributed by atoms with E-state index in [9.17, 15) is 14.4 Å². The molecule has 1 aliphatic heterocycles. The molecule has 7 heteroatoms. The highest BCUT2D eigenvalue weighted by Crippen LogP contribution is 2.32. The SMILES string of the molecule is COC(=O)C[C@H](NC(=O)C1C(C)OC(C)C1C)C(=O)O. The van der Waals surface area contributed by atoms with E-state index in [4.69, 9.17) is 9.84 Å². The Kier molecular flexibility index (Phi) is 5.50. The van der Waals surface area contributed by atoms with Crippen LogP contribution in [0, 0.1) is 11.8 Å². The molecule has 1 saturated heterocycles. The van der Waals surface area contributed by atoms with Gasteiger partial charge in [-0.05, 0) is 19.8 Å². The third kappa shape index (κ3) is 3.69. The summed E-state index contributed by atoms with van der Waals surface area (Å²) >= 11 is 0. The van der Waals surface area contributed by atoms with Crippen LogP contribution in [0.4, 0.5) is 0 Å². The first-order chi connectivity index (χ1) is 9.27. The molecular formula is C13H21NO6. The van der Waals surface area contributed by atoms with Crippen molar-refractivity contribution in [3.8, 4) is 0 Å². The number of hydrogen-bond acceptors (Lipinski definition) is 5. The van der Waals surface area contributed by atoms with Gasteiger partial charge in [0.25, 0.3) is 0 Å². The fourth-order valence-electron chi connectivity index (χ4n) is 2.44. The van der Waals surface area contributed by atoms with Gasteiger partial charge in [0.05, 0.1) is 31.7 Å². The molecule has 1 heterocycles. The van der Waals surface area contributed by atoms with Gasteiger partial charge in [-0.2, -0.15) is 0 Å². The number of amides is 1. The summed E-state index contributed by atoms with van der Waals surface area (Å²) in [6.07, 6.45) is -0.749. The van der Waals surface area contributed by atoms with Crippen molar-refractivity contribution >= 4 is 17.8 Å². The molecule has 0 radical (unpaired) electrons. The summed E-state index contributed by atoms with van der Waals surface area (Å²) in [4.78, 5) is 34.4. The first kappa shape index (κ1) is 16.4. The molecule has 0 aromatic heterocycles. The number of carboxylic acids is 1. The van der Waals surface area contributed by atoms with Crippen LogP contribution >= 0.6 is 0 Å². The Morgan fingerprint density at radius 2 is 1.85 bits per heavy atom. The summed E-state index contributed by atoms with van der Waals surface area (Å²) in [5.41, 5.74) is 0. The van der Waals surface area contributed by atoms with Crippen LogP contribution in [0.5, 0.6) is 0 Å². The van der Waals surface area contributed by atoms with Gasteiger partial charge in [-0.25, -0.2) is 4.79 Å². The quantitative estimate of drug-likeness (QED) is 0.699. The number of methoxy groups -OCH3 is 1. The van der Waals surface area contributed by atoms with Crippen LogP contribution in [0.1, 0.15) is 27.2 Å². The third-order valence-corrected chi connectivity index (χ3v) is 3.76. The highest BCUT2D eigenvalue weighted by molar-refractivity contribution is 5.88. The van der Waals surface area contributed by atoms with Crippen LogP contribution in [0.3, 0.4) is 0 Å². The summed E-state index contributed by atoms with van der Waals surface area (Å²) in [7, 11) is 1.17. The molecule has 1 aliphatic rings. The average molecular weight is 287 g/mol. The molecule has 2 N–H and O–H groups in total. The Labute approximate surface area is 117 Å². The highest BCUT2D eigenvalue weighted by atomic mass is 16.5. The fourth-order valence-corrected chi connectivity index (χ4v) is 2.44. The minimum Gasteiger partial charge on any atom is -0.480 e. The van der Waals surface area contributed by atoms with Crippen LogP contribution in [0.2, 0.25) is 0 Å². The first-order valence-corrected chi connectivity index (χ1v) is 6.53. The van der Waals surface area contributed by atoms with Crippen LogP contribution in [0.25, 0.3) is 0 Å². The molecule has 1 rings (SSSR count). The summed E-state index contributed by atoms with van der Waals surface area (Å²) in [5, 5.41) is 11.4. The van der Waals surface area contributed by atoms with Crippen molar-refractivity contribution in [3.05, 3.63) is 0 Å². The van der Waals surface area contributed by atoms with Crippen molar-refractivity contribution in [1.82, 2.24) is 5.32 Å².